The highest BCUT2D eigenvalue weighted by Crippen LogP contribution is 2.22. The van der Waals surface area contributed by atoms with Gasteiger partial charge in [-0.05, 0) is 29.7 Å². The fraction of sp³-hybridized carbons (Fsp3) is 0.250. The van der Waals surface area contributed by atoms with E-state index < -0.39 is 5.91 Å². The number of aromatic hydroxyl groups is 1. The van der Waals surface area contributed by atoms with Gasteiger partial charge < -0.3 is 5.11 Å². The molecule has 1 heterocycles. The van der Waals surface area contributed by atoms with E-state index >= 15 is 0 Å². The van der Waals surface area contributed by atoms with Crippen LogP contribution in [0, 0.1) is 17.2 Å². The third-order valence-electron chi connectivity index (χ3n) is 2.74. The van der Waals surface area contributed by atoms with Gasteiger partial charge in [0, 0.05) is 17.3 Å². The number of nitrogens with one attached hydrogen (secondary N) is 1. The van der Waals surface area contributed by atoms with Gasteiger partial charge in [-0.15, -0.1) is 0 Å². The highest BCUT2D eigenvalue weighted by molar-refractivity contribution is 7.99. The molecule has 0 aliphatic heterocycles. The summed E-state index contributed by atoms with van der Waals surface area (Å²) in [6.07, 6.45) is 1.45. The summed E-state index contributed by atoms with van der Waals surface area (Å²) in [6.45, 7) is 4.21. The van der Waals surface area contributed by atoms with Gasteiger partial charge in [0.2, 0.25) is 10.3 Å². The van der Waals surface area contributed by atoms with Gasteiger partial charge in [-0.25, -0.2) is 0 Å². The average Bonchev–Trinajstić information content (AvgIpc) is 2.99. The second kappa shape index (κ2) is 8.47. The van der Waals surface area contributed by atoms with Gasteiger partial charge in [0.25, 0.3) is 5.91 Å². The molecule has 0 aliphatic rings. The Hall–Kier alpha value is -2.37. The van der Waals surface area contributed by atoms with Gasteiger partial charge in [-0.3, -0.25) is 10.1 Å². The number of hydrogen-bond acceptors (Lipinski definition) is 7. The van der Waals surface area contributed by atoms with E-state index in [9.17, 15) is 15.2 Å². The van der Waals surface area contributed by atoms with Crippen molar-refractivity contribution >= 4 is 40.4 Å². The molecule has 1 aromatic heterocycles. The largest absolute Gasteiger partial charge is 0.508 e. The first-order chi connectivity index (χ1) is 11.5. The molecule has 0 saturated carbocycles. The molecular formula is C16H16N4O2S2. The van der Waals surface area contributed by atoms with Gasteiger partial charge in [0.1, 0.15) is 17.4 Å². The number of nitrogens with zero attached hydrogens (tertiary/aromatic N) is 3. The van der Waals surface area contributed by atoms with Crippen LogP contribution >= 0.6 is 23.3 Å². The van der Waals surface area contributed by atoms with Crippen LogP contribution < -0.4 is 5.32 Å². The van der Waals surface area contributed by atoms with E-state index in [-0.39, 0.29) is 11.3 Å². The molecule has 0 unspecified atom stereocenters. The van der Waals surface area contributed by atoms with Crippen molar-refractivity contribution < 1.29 is 9.90 Å². The summed E-state index contributed by atoms with van der Waals surface area (Å²) in [5.74, 6) is 1.00. The lowest BCUT2D eigenvalue weighted by molar-refractivity contribution is -0.112. The van der Waals surface area contributed by atoms with Gasteiger partial charge in [-0.2, -0.15) is 14.6 Å². The van der Waals surface area contributed by atoms with Gasteiger partial charge in [0.15, 0.2) is 0 Å². The Bertz CT molecular complexity index is 776. The third-order valence-corrected chi connectivity index (χ3v) is 4.76. The molecule has 0 atom stereocenters. The maximum Gasteiger partial charge on any atom is 0.268 e. The number of phenols is 1. The van der Waals surface area contributed by atoms with Crippen molar-refractivity contribution in [2.75, 3.05) is 11.1 Å². The molecule has 124 valence electrons. The molecule has 2 aromatic rings. The van der Waals surface area contributed by atoms with E-state index in [0.29, 0.717) is 21.8 Å². The minimum atomic E-state index is -0.540. The third kappa shape index (κ3) is 5.37. The molecule has 2 rings (SSSR count). The molecular weight excluding hydrogens is 344 g/mol. The number of carbonyl (C=O) groups excluding carboxylic acids is 1. The molecule has 0 saturated heterocycles. The fourth-order valence-corrected chi connectivity index (χ4v) is 3.10. The van der Waals surface area contributed by atoms with E-state index in [1.807, 2.05) is 6.07 Å². The number of thioether (sulfide) groups is 1. The predicted octanol–water partition coefficient (Wildman–Crippen LogP) is 3.54. The van der Waals surface area contributed by atoms with Gasteiger partial charge in [0.05, 0.1) is 0 Å². The van der Waals surface area contributed by atoms with Crippen LogP contribution in [0.1, 0.15) is 19.4 Å². The van der Waals surface area contributed by atoms with E-state index in [0.717, 1.165) is 17.3 Å². The minimum Gasteiger partial charge on any atom is -0.508 e. The number of benzene rings is 1. The number of phenolic OH excluding ortho intramolecular Hbond substituents is 1. The Morgan fingerprint density at radius 1 is 1.46 bits per heavy atom. The van der Waals surface area contributed by atoms with Crippen molar-refractivity contribution in [3.05, 3.63) is 35.4 Å². The van der Waals surface area contributed by atoms with Crippen molar-refractivity contribution in [2.24, 2.45) is 5.92 Å². The lowest BCUT2D eigenvalue weighted by Crippen LogP contribution is -2.13. The smallest absolute Gasteiger partial charge is 0.268 e. The molecule has 1 aromatic carbocycles. The average molecular weight is 360 g/mol. The monoisotopic (exact) mass is 360 g/mol. The molecule has 0 radical (unpaired) electrons. The number of nitriles is 1. The van der Waals surface area contributed by atoms with Crippen molar-refractivity contribution in [3.63, 3.8) is 0 Å². The fourth-order valence-electron chi connectivity index (χ4n) is 1.61. The zero-order valence-corrected chi connectivity index (χ0v) is 14.8. The quantitative estimate of drug-likeness (QED) is 0.464. The molecule has 1 amide bonds. The first kappa shape index (κ1) is 18.0. The Kier molecular flexibility index (Phi) is 6.35. The lowest BCUT2D eigenvalue weighted by Gasteiger charge is -2.01. The number of amides is 1. The van der Waals surface area contributed by atoms with Crippen molar-refractivity contribution in [2.45, 2.75) is 19.0 Å². The zero-order chi connectivity index (χ0) is 17.5. The first-order valence-electron chi connectivity index (χ1n) is 7.16. The molecule has 0 aliphatic carbocycles. The minimum absolute atomic E-state index is 0.0488. The summed E-state index contributed by atoms with van der Waals surface area (Å²) in [4.78, 5) is 16.4. The summed E-state index contributed by atoms with van der Waals surface area (Å²) in [7, 11) is 0. The van der Waals surface area contributed by atoms with E-state index in [1.165, 1.54) is 30.0 Å². The number of aromatic nitrogens is 2. The molecule has 0 bridgehead atoms. The molecule has 2 N–H and O–H groups in total. The molecule has 8 heteroatoms. The summed E-state index contributed by atoms with van der Waals surface area (Å²) in [5, 5.41) is 22.0. The van der Waals surface area contributed by atoms with Crippen molar-refractivity contribution in [3.8, 4) is 11.8 Å². The predicted molar refractivity (Wildman–Crippen MR) is 95.8 cm³/mol. The number of rotatable bonds is 6. The van der Waals surface area contributed by atoms with Crippen LogP contribution in [0.4, 0.5) is 5.13 Å². The first-order valence-corrected chi connectivity index (χ1v) is 8.92. The number of carbonyl (C=O) groups is 1. The van der Waals surface area contributed by atoms with E-state index in [1.54, 1.807) is 12.1 Å². The van der Waals surface area contributed by atoms with Gasteiger partial charge in [-0.1, -0.05) is 37.7 Å². The number of anilines is 1. The SMILES string of the molecule is CC(C)CSc1nsc(NC(=O)/C(C#N)=C\c2ccc(O)cc2)n1. The Morgan fingerprint density at radius 2 is 2.17 bits per heavy atom. The van der Waals surface area contributed by atoms with Crippen LogP contribution in [0.15, 0.2) is 35.0 Å². The Morgan fingerprint density at radius 3 is 2.79 bits per heavy atom. The second-order valence-electron chi connectivity index (χ2n) is 5.30. The van der Waals surface area contributed by atoms with Crippen molar-refractivity contribution in [1.82, 2.24) is 9.36 Å². The molecule has 24 heavy (non-hydrogen) atoms. The lowest BCUT2D eigenvalue weighted by atomic mass is 10.1. The van der Waals surface area contributed by atoms with Crippen LogP contribution in [-0.4, -0.2) is 26.1 Å². The maximum atomic E-state index is 12.2. The van der Waals surface area contributed by atoms with Crippen molar-refractivity contribution in [1.29, 1.82) is 5.26 Å². The summed E-state index contributed by atoms with van der Waals surface area (Å²) in [5.41, 5.74) is 0.595. The van der Waals surface area contributed by atoms with Crippen LogP contribution in [0.3, 0.4) is 0 Å². The van der Waals surface area contributed by atoms with Crippen LogP contribution in [0.2, 0.25) is 0 Å². The highest BCUT2D eigenvalue weighted by atomic mass is 32.2. The highest BCUT2D eigenvalue weighted by Gasteiger charge is 2.13. The topological polar surface area (TPSA) is 98.9 Å². The second-order valence-corrected chi connectivity index (χ2v) is 7.04. The van der Waals surface area contributed by atoms with E-state index in [2.05, 4.69) is 28.5 Å². The summed E-state index contributed by atoms with van der Waals surface area (Å²) >= 11 is 2.61. The zero-order valence-electron chi connectivity index (χ0n) is 13.2. The molecule has 0 spiro atoms. The van der Waals surface area contributed by atoms with E-state index in [4.69, 9.17) is 0 Å². The Balaban J connectivity index is 2.04. The summed E-state index contributed by atoms with van der Waals surface area (Å²) < 4.78 is 4.17. The molecule has 6 nitrogen and oxygen atoms in total. The van der Waals surface area contributed by atoms with Crippen LogP contribution in [-0.2, 0) is 4.79 Å². The van der Waals surface area contributed by atoms with Crippen LogP contribution in [0.25, 0.3) is 6.08 Å². The molecule has 0 fully saturated rings. The normalized spacial score (nSPS) is 11.3. The van der Waals surface area contributed by atoms with Gasteiger partial charge >= 0.3 is 0 Å². The Labute approximate surface area is 148 Å². The standard InChI is InChI=1S/C16H16N4O2S2/c1-10(2)9-23-16-19-15(24-20-16)18-14(22)12(8-17)7-11-3-5-13(21)6-4-11/h3-7,10,21H,9H2,1-2H3,(H,18,19,20,22)/b12-7-. The number of hydrogen-bond donors (Lipinski definition) is 2. The summed E-state index contributed by atoms with van der Waals surface area (Å²) in [6, 6.07) is 8.08. The maximum absolute atomic E-state index is 12.2. The van der Waals surface area contributed by atoms with Crippen LogP contribution in [0.5, 0.6) is 5.75 Å².